The molecule has 0 aromatic carbocycles. The molecular formula is C12H20N4. The van der Waals surface area contributed by atoms with Crippen LogP contribution in [0.25, 0.3) is 0 Å². The lowest BCUT2D eigenvalue weighted by Gasteiger charge is -2.30. The van der Waals surface area contributed by atoms with Crippen LogP contribution in [0.4, 0.5) is 5.82 Å². The van der Waals surface area contributed by atoms with Crippen LogP contribution in [0.2, 0.25) is 0 Å². The zero-order valence-electron chi connectivity index (χ0n) is 9.89. The lowest BCUT2D eigenvalue weighted by molar-refractivity contribution is 0.182. The Labute approximate surface area is 96.9 Å². The third kappa shape index (κ3) is 2.92. The molecule has 2 N–H and O–H groups in total. The summed E-state index contributed by atoms with van der Waals surface area (Å²) < 4.78 is 0. The zero-order valence-corrected chi connectivity index (χ0v) is 9.89. The summed E-state index contributed by atoms with van der Waals surface area (Å²) in [6.45, 7) is 0.873. The van der Waals surface area contributed by atoms with Crippen LogP contribution in [0.15, 0.2) is 12.4 Å². The van der Waals surface area contributed by atoms with Crippen molar-refractivity contribution < 1.29 is 0 Å². The molecule has 0 amide bonds. The SMILES string of the molecule is CN(Cc1cnc(N)cn1)C1CCCCC1. The Balaban J connectivity index is 1.90. The first kappa shape index (κ1) is 11.3. The molecule has 1 aromatic rings. The lowest BCUT2D eigenvalue weighted by Crippen LogP contribution is -2.33. The number of nitrogens with two attached hydrogens (primary N) is 1. The molecule has 1 saturated carbocycles. The van der Waals surface area contributed by atoms with Crippen LogP contribution in [0.1, 0.15) is 37.8 Å². The summed E-state index contributed by atoms with van der Waals surface area (Å²) in [5.74, 6) is 0.490. The molecule has 0 spiro atoms. The molecule has 0 aliphatic heterocycles. The second kappa shape index (κ2) is 5.25. The number of rotatable bonds is 3. The van der Waals surface area contributed by atoms with Gasteiger partial charge < -0.3 is 5.73 Å². The molecule has 0 unspecified atom stereocenters. The molecule has 0 atom stereocenters. The minimum absolute atomic E-state index is 0.490. The van der Waals surface area contributed by atoms with Crippen molar-refractivity contribution in [2.45, 2.75) is 44.7 Å². The van der Waals surface area contributed by atoms with Crippen LogP contribution in [-0.2, 0) is 6.54 Å². The van der Waals surface area contributed by atoms with Gasteiger partial charge in [-0.25, -0.2) is 4.98 Å². The maximum absolute atomic E-state index is 5.51. The highest BCUT2D eigenvalue weighted by Crippen LogP contribution is 2.22. The zero-order chi connectivity index (χ0) is 11.4. The summed E-state index contributed by atoms with van der Waals surface area (Å²) in [5, 5.41) is 0. The average molecular weight is 220 g/mol. The van der Waals surface area contributed by atoms with Crippen molar-refractivity contribution in [3.63, 3.8) is 0 Å². The third-order valence-electron chi connectivity index (χ3n) is 3.33. The Bertz CT molecular complexity index is 316. The molecule has 4 heteroatoms. The van der Waals surface area contributed by atoms with Gasteiger partial charge >= 0.3 is 0 Å². The van der Waals surface area contributed by atoms with Crippen LogP contribution in [-0.4, -0.2) is 28.0 Å². The summed E-state index contributed by atoms with van der Waals surface area (Å²) in [6, 6.07) is 0.716. The summed E-state index contributed by atoms with van der Waals surface area (Å²) >= 11 is 0. The van der Waals surface area contributed by atoms with Gasteiger partial charge in [0.25, 0.3) is 0 Å². The number of hydrogen-bond donors (Lipinski definition) is 1. The number of nitrogen functional groups attached to an aromatic ring is 1. The van der Waals surface area contributed by atoms with E-state index in [2.05, 4.69) is 21.9 Å². The van der Waals surface area contributed by atoms with Crippen molar-refractivity contribution in [3.05, 3.63) is 18.1 Å². The van der Waals surface area contributed by atoms with E-state index in [9.17, 15) is 0 Å². The van der Waals surface area contributed by atoms with Crippen molar-refractivity contribution in [3.8, 4) is 0 Å². The van der Waals surface area contributed by atoms with Crippen molar-refractivity contribution in [2.24, 2.45) is 0 Å². The Kier molecular flexibility index (Phi) is 3.72. The van der Waals surface area contributed by atoms with Gasteiger partial charge in [-0.15, -0.1) is 0 Å². The Morgan fingerprint density at radius 3 is 2.62 bits per heavy atom. The molecule has 1 aromatic heterocycles. The van der Waals surface area contributed by atoms with E-state index in [4.69, 9.17) is 5.73 Å². The molecular weight excluding hydrogens is 200 g/mol. The highest BCUT2D eigenvalue weighted by molar-refractivity contribution is 5.22. The fourth-order valence-electron chi connectivity index (χ4n) is 2.35. The summed E-state index contributed by atoms with van der Waals surface area (Å²) in [7, 11) is 2.17. The topological polar surface area (TPSA) is 55.0 Å². The van der Waals surface area contributed by atoms with Crippen molar-refractivity contribution >= 4 is 5.82 Å². The second-order valence-electron chi connectivity index (χ2n) is 4.64. The van der Waals surface area contributed by atoms with E-state index in [1.165, 1.54) is 32.1 Å². The van der Waals surface area contributed by atoms with Gasteiger partial charge in [-0.2, -0.15) is 0 Å². The van der Waals surface area contributed by atoms with Gasteiger partial charge in [0.2, 0.25) is 0 Å². The lowest BCUT2D eigenvalue weighted by atomic mass is 9.94. The number of anilines is 1. The van der Waals surface area contributed by atoms with E-state index >= 15 is 0 Å². The number of hydrogen-bond acceptors (Lipinski definition) is 4. The van der Waals surface area contributed by atoms with Gasteiger partial charge in [0.05, 0.1) is 18.1 Å². The second-order valence-corrected chi connectivity index (χ2v) is 4.64. The maximum atomic E-state index is 5.51. The molecule has 16 heavy (non-hydrogen) atoms. The van der Waals surface area contributed by atoms with Crippen LogP contribution >= 0.6 is 0 Å². The van der Waals surface area contributed by atoms with E-state index in [0.717, 1.165) is 12.2 Å². The van der Waals surface area contributed by atoms with Crippen LogP contribution in [0, 0.1) is 0 Å². The minimum Gasteiger partial charge on any atom is -0.382 e. The number of nitrogens with zero attached hydrogens (tertiary/aromatic N) is 3. The van der Waals surface area contributed by atoms with Gasteiger partial charge in [0.1, 0.15) is 5.82 Å². The molecule has 0 radical (unpaired) electrons. The van der Waals surface area contributed by atoms with Gasteiger partial charge in [0.15, 0.2) is 0 Å². The molecule has 4 nitrogen and oxygen atoms in total. The molecule has 2 rings (SSSR count). The van der Waals surface area contributed by atoms with Crippen LogP contribution < -0.4 is 5.73 Å². The van der Waals surface area contributed by atoms with Gasteiger partial charge in [-0.3, -0.25) is 9.88 Å². The van der Waals surface area contributed by atoms with Gasteiger partial charge in [0, 0.05) is 12.6 Å². The van der Waals surface area contributed by atoms with Crippen LogP contribution in [0.5, 0.6) is 0 Å². The predicted molar refractivity (Wildman–Crippen MR) is 64.8 cm³/mol. The largest absolute Gasteiger partial charge is 0.382 e. The Morgan fingerprint density at radius 1 is 1.25 bits per heavy atom. The summed E-state index contributed by atoms with van der Waals surface area (Å²) in [5.41, 5.74) is 6.52. The molecule has 1 aliphatic carbocycles. The normalized spacial score (nSPS) is 17.9. The first-order valence-corrected chi connectivity index (χ1v) is 6.02. The molecule has 1 heterocycles. The monoisotopic (exact) mass is 220 g/mol. The van der Waals surface area contributed by atoms with Crippen molar-refractivity contribution in [2.75, 3.05) is 12.8 Å². The molecule has 0 bridgehead atoms. The van der Waals surface area contributed by atoms with Crippen molar-refractivity contribution in [1.29, 1.82) is 0 Å². The molecule has 1 aliphatic rings. The number of aromatic nitrogens is 2. The van der Waals surface area contributed by atoms with Gasteiger partial charge in [-0.1, -0.05) is 19.3 Å². The van der Waals surface area contributed by atoms with E-state index in [1.54, 1.807) is 12.4 Å². The molecule has 0 saturated heterocycles. The smallest absolute Gasteiger partial charge is 0.141 e. The Morgan fingerprint density at radius 2 is 2.00 bits per heavy atom. The van der Waals surface area contributed by atoms with Gasteiger partial charge in [-0.05, 0) is 19.9 Å². The standard InChI is InChI=1S/C12H20N4/c1-16(11-5-3-2-4-6-11)9-10-7-15-12(13)8-14-10/h7-8,11H,2-6,9H2,1H3,(H2,13,15). The first-order valence-electron chi connectivity index (χ1n) is 6.02. The van der Waals surface area contributed by atoms with E-state index in [-0.39, 0.29) is 0 Å². The van der Waals surface area contributed by atoms with E-state index in [1.807, 2.05) is 0 Å². The molecule has 88 valence electrons. The van der Waals surface area contributed by atoms with Crippen LogP contribution in [0.3, 0.4) is 0 Å². The van der Waals surface area contributed by atoms with Crippen molar-refractivity contribution in [1.82, 2.24) is 14.9 Å². The predicted octanol–water partition coefficient (Wildman–Crippen LogP) is 1.82. The average Bonchev–Trinajstić information content (AvgIpc) is 2.33. The third-order valence-corrected chi connectivity index (χ3v) is 3.33. The summed E-state index contributed by atoms with van der Waals surface area (Å²) in [6.07, 6.45) is 10.2. The fourth-order valence-corrected chi connectivity index (χ4v) is 2.35. The highest BCUT2D eigenvalue weighted by Gasteiger charge is 2.18. The first-order chi connectivity index (χ1) is 7.75. The summed E-state index contributed by atoms with van der Waals surface area (Å²) in [4.78, 5) is 10.7. The maximum Gasteiger partial charge on any atom is 0.141 e. The quantitative estimate of drug-likeness (QED) is 0.844. The fraction of sp³-hybridized carbons (Fsp3) is 0.667. The van der Waals surface area contributed by atoms with E-state index < -0.39 is 0 Å². The Hall–Kier alpha value is -1.16. The highest BCUT2D eigenvalue weighted by atomic mass is 15.1. The minimum atomic E-state index is 0.490. The molecule has 1 fully saturated rings. The van der Waals surface area contributed by atoms with E-state index in [0.29, 0.717) is 11.9 Å².